The van der Waals surface area contributed by atoms with Crippen LogP contribution in [0.1, 0.15) is 30.0 Å². The third kappa shape index (κ3) is 4.18. The Balaban J connectivity index is 2.15. The second kappa shape index (κ2) is 8.45. The van der Waals surface area contributed by atoms with E-state index in [2.05, 4.69) is 20.8 Å². The van der Waals surface area contributed by atoms with Crippen molar-refractivity contribution in [2.45, 2.75) is 26.3 Å². The lowest BCUT2D eigenvalue weighted by molar-refractivity contribution is 0.0922. The minimum Gasteiger partial charge on any atom is -0.394 e. The molecule has 3 aromatic rings. The summed E-state index contributed by atoms with van der Waals surface area (Å²) in [6.45, 7) is 3.39. The van der Waals surface area contributed by atoms with Crippen molar-refractivity contribution in [3.05, 3.63) is 58.6 Å². The van der Waals surface area contributed by atoms with Crippen molar-refractivity contribution in [1.29, 1.82) is 0 Å². The lowest BCUT2D eigenvalue weighted by atomic mass is 10.0. The summed E-state index contributed by atoms with van der Waals surface area (Å²) in [6, 6.07) is 8.81. The largest absolute Gasteiger partial charge is 0.394 e. The van der Waals surface area contributed by atoms with Gasteiger partial charge in [-0.15, -0.1) is 5.10 Å². The van der Waals surface area contributed by atoms with E-state index >= 15 is 0 Å². The summed E-state index contributed by atoms with van der Waals surface area (Å²) < 4.78 is 16.0. The predicted molar refractivity (Wildman–Crippen MR) is 103 cm³/mol. The topological polar surface area (TPSA) is 92.9 Å². The summed E-state index contributed by atoms with van der Waals surface area (Å²) in [5.74, 6) is -0.305. The number of carbonyl (C=O) groups is 1. The quantitative estimate of drug-likeness (QED) is 0.660. The number of aliphatic hydroxyl groups is 1. The van der Waals surface area contributed by atoms with E-state index < -0.39 is 17.8 Å². The number of rotatable bonds is 6. The number of aliphatic hydroxyl groups excluding tert-OH is 1. The summed E-state index contributed by atoms with van der Waals surface area (Å²) in [5, 5.41) is 23.8. The molecule has 2 N–H and O–H groups in total. The lowest BCUT2D eigenvalue weighted by Gasteiger charge is -2.14. The molecule has 1 amide bonds. The second-order valence-electron chi connectivity index (χ2n) is 6.31. The molecule has 1 heterocycles. The number of aryl methyl sites for hydroxylation is 1. The van der Waals surface area contributed by atoms with E-state index in [-0.39, 0.29) is 11.6 Å². The van der Waals surface area contributed by atoms with Crippen LogP contribution in [0, 0.1) is 5.82 Å². The molecule has 0 spiro atoms. The SMILES string of the molecule is CCc1nnnn1-c1cc(C(=O)N[C@@H](C)CO)cc(-c2ccc(Cl)cc2F)c1. The van der Waals surface area contributed by atoms with Crippen LogP contribution in [0.4, 0.5) is 4.39 Å². The van der Waals surface area contributed by atoms with Gasteiger partial charge in [0.05, 0.1) is 12.3 Å². The highest BCUT2D eigenvalue weighted by Crippen LogP contribution is 2.28. The number of halogens is 2. The number of hydrogen-bond acceptors (Lipinski definition) is 5. The molecule has 0 fully saturated rings. The van der Waals surface area contributed by atoms with Crippen LogP contribution in [0.2, 0.25) is 5.02 Å². The van der Waals surface area contributed by atoms with Crippen molar-refractivity contribution in [2.75, 3.05) is 6.61 Å². The molecule has 1 atom stereocenters. The van der Waals surface area contributed by atoms with Crippen molar-refractivity contribution >= 4 is 17.5 Å². The van der Waals surface area contributed by atoms with Gasteiger partial charge in [-0.1, -0.05) is 18.5 Å². The molecular weight excluding hydrogens is 385 g/mol. The van der Waals surface area contributed by atoms with Crippen molar-refractivity contribution in [3.63, 3.8) is 0 Å². The molecule has 0 aliphatic carbocycles. The van der Waals surface area contributed by atoms with E-state index in [1.54, 1.807) is 37.3 Å². The first-order valence-electron chi connectivity index (χ1n) is 8.72. The number of amides is 1. The molecule has 1 aromatic heterocycles. The van der Waals surface area contributed by atoms with E-state index in [9.17, 15) is 14.3 Å². The number of aromatic nitrogens is 4. The number of nitrogens with one attached hydrogen (secondary N) is 1. The fourth-order valence-electron chi connectivity index (χ4n) is 2.72. The van der Waals surface area contributed by atoms with E-state index in [0.29, 0.717) is 34.6 Å². The van der Waals surface area contributed by atoms with Crippen molar-refractivity contribution in [1.82, 2.24) is 25.5 Å². The Morgan fingerprint density at radius 1 is 1.32 bits per heavy atom. The molecule has 0 aliphatic rings. The van der Waals surface area contributed by atoms with E-state index in [4.69, 9.17) is 11.6 Å². The Morgan fingerprint density at radius 2 is 2.11 bits per heavy atom. The molecule has 0 unspecified atom stereocenters. The Hall–Kier alpha value is -2.84. The first-order chi connectivity index (χ1) is 13.4. The van der Waals surface area contributed by atoms with E-state index in [1.807, 2.05) is 6.92 Å². The van der Waals surface area contributed by atoms with Crippen LogP contribution in [0.5, 0.6) is 0 Å². The Labute approximate surface area is 166 Å². The van der Waals surface area contributed by atoms with E-state index in [0.717, 1.165) is 0 Å². The number of benzene rings is 2. The fraction of sp³-hybridized carbons (Fsp3) is 0.263. The maximum Gasteiger partial charge on any atom is 0.251 e. The predicted octanol–water partition coefficient (Wildman–Crippen LogP) is 2.79. The van der Waals surface area contributed by atoms with Gasteiger partial charge in [-0.05, 0) is 59.3 Å². The lowest BCUT2D eigenvalue weighted by Crippen LogP contribution is -2.35. The molecule has 9 heteroatoms. The Bertz CT molecular complexity index is 1010. The average molecular weight is 404 g/mol. The minimum atomic E-state index is -0.507. The minimum absolute atomic E-state index is 0.197. The van der Waals surface area contributed by atoms with Crippen molar-refractivity contribution in [3.8, 4) is 16.8 Å². The van der Waals surface area contributed by atoms with Crippen molar-refractivity contribution in [2.24, 2.45) is 0 Å². The van der Waals surface area contributed by atoms with E-state index in [1.165, 1.54) is 10.7 Å². The smallest absolute Gasteiger partial charge is 0.251 e. The number of tetrazole rings is 1. The molecule has 0 saturated heterocycles. The molecule has 3 rings (SSSR count). The van der Waals surface area contributed by atoms with Crippen LogP contribution in [0.3, 0.4) is 0 Å². The number of carbonyl (C=O) groups excluding carboxylic acids is 1. The van der Waals surface area contributed by atoms with Crippen LogP contribution >= 0.6 is 11.6 Å². The zero-order valence-corrected chi connectivity index (χ0v) is 16.1. The Kier molecular flexibility index (Phi) is 6.01. The average Bonchev–Trinajstić information content (AvgIpc) is 3.16. The molecule has 146 valence electrons. The van der Waals surface area contributed by atoms with Gasteiger partial charge < -0.3 is 10.4 Å². The summed E-state index contributed by atoms with van der Waals surface area (Å²) in [4.78, 5) is 12.6. The van der Waals surface area contributed by atoms with Crippen LogP contribution in [0.15, 0.2) is 36.4 Å². The first kappa shape index (κ1) is 19.9. The van der Waals surface area contributed by atoms with Gasteiger partial charge in [0, 0.05) is 28.6 Å². The van der Waals surface area contributed by atoms with Crippen LogP contribution in [-0.4, -0.2) is 43.9 Å². The van der Waals surface area contributed by atoms with Crippen LogP contribution < -0.4 is 5.32 Å². The third-order valence-electron chi connectivity index (χ3n) is 4.17. The highest BCUT2D eigenvalue weighted by molar-refractivity contribution is 6.30. The first-order valence-corrected chi connectivity index (χ1v) is 9.10. The van der Waals surface area contributed by atoms with Gasteiger partial charge in [-0.3, -0.25) is 4.79 Å². The van der Waals surface area contributed by atoms with Gasteiger partial charge in [-0.25, -0.2) is 4.39 Å². The molecule has 0 saturated carbocycles. The second-order valence-corrected chi connectivity index (χ2v) is 6.75. The molecular formula is C19H19ClFN5O2. The monoisotopic (exact) mass is 403 g/mol. The maximum atomic E-state index is 14.5. The highest BCUT2D eigenvalue weighted by Gasteiger charge is 2.16. The fourth-order valence-corrected chi connectivity index (χ4v) is 2.88. The van der Waals surface area contributed by atoms with Gasteiger partial charge in [0.1, 0.15) is 5.82 Å². The normalized spacial score (nSPS) is 12.0. The molecule has 0 aliphatic heterocycles. The summed E-state index contributed by atoms with van der Waals surface area (Å²) in [6.07, 6.45) is 0.579. The summed E-state index contributed by atoms with van der Waals surface area (Å²) in [5.41, 5.74) is 1.59. The highest BCUT2D eigenvalue weighted by atomic mass is 35.5. The number of nitrogens with zero attached hydrogens (tertiary/aromatic N) is 4. The van der Waals surface area contributed by atoms with Crippen molar-refractivity contribution < 1.29 is 14.3 Å². The standard InChI is InChI=1S/C19H19ClFN5O2/c1-3-18-23-24-25-26(18)15-7-12(16-5-4-14(20)9-17(16)21)6-13(8-15)19(28)22-11(2)10-27/h4-9,11,27H,3,10H2,1-2H3,(H,22,28)/t11-/m0/s1. The van der Waals surface area contributed by atoms with Gasteiger partial charge in [0.15, 0.2) is 5.82 Å². The van der Waals surface area contributed by atoms with Crippen LogP contribution in [-0.2, 0) is 6.42 Å². The zero-order chi connectivity index (χ0) is 20.3. The summed E-state index contributed by atoms with van der Waals surface area (Å²) >= 11 is 5.85. The molecule has 0 radical (unpaired) electrons. The molecule has 2 aromatic carbocycles. The van der Waals surface area contributed by atoms with Crippen LogP contribution in [0.25, 0.3) is 16.8 Å². The maximum absolute atomic E-state index is 14.5. The zero-order valence-electron chi connectivity index (χ0n) is 15.4. The number of hydrogen-bond donors (Lipinski definition) is 2. The third-order valence-corrected chi connectivity index (χ3v) is 4.40. The van der Waals surface area contributed by atoms with Gasteiger partial charge in [0.2, 0.25) is 0 Å². The van der Waals surface area contributed by atoms with Gasteiger partial charge >= 0.3 is 0 Å². The summed E-state index contributed by atoms with van der Waals surface area (Å²) in [7, 11) is 0. The molecule has 0 bridgehead atoms. The van der Waals surface area contributed by atoms with Gasteiger partial charge in [0.25, 0.3) is 5.91 Å². The van der Waals surface area contributed by atoms with Gasteiger partial charge in [-0.2, -0.15) is 4.68 Å². The molecule has 7 nitrogen and oxygen atoms in total. The Morgan fingerprint density at radius 3 is 2.79 bits per heavy atom. The molecule has 28 heavy (non-hydrogen) atoms.